The molecule has 0 aliphatic rings. The maximum Gasteiger partial charge on any atom is -0.0117 e. The van der Waals surface area contributed by atoms with E-state index >= 15 is 0 Å². The zero-order valence-electron chi connectivity index (χ0n) is 19.2. The van der Waals surface area contributed by atoms with Crippen molar-refractivity contribution < 1.29 is 0 Å². The maximum atomic E-state index is 2.26. The molecule has 25 heavy (non-hydrogen) atoms. The van der Waals surface area contributed by atoms with Gasteiger partial charge in [-0.05, 0) is 98.5 Å². The van der Waals surface area contributed by atoms with Gasteiger partial charge in [-0.15, -0.1) is 0 Å². The van der Waals surface area contributed by atoms with Gasteiger partial charge in [0.15, 0.2) is 0 Å². The van der Waals surface area contributed by atoms with Crippen molar-refractivity contribution in [3.63, 3.8) is 0 Å². The molecule has 0 heterocycles. The molecular weight excluding hydrogens is 300 g/mol. The maximum absolute atomic E-state index is 2.26. The summed E-state index contributed by atoms with van der Waals surface area (Å²) >= 11 is 0. The second-order valence-corrected chi connectivity index (χ2v) is 5.75. The highest BCUT2D eigenvalue weighted by Gasteiger charge is 2.15. The first-order valence-corrected chi connectivity index (χ1v) is 9.99. The predicted molar refractivity (Wildman–Crippen MR) is 119 cm³/mol. The van der Waals surface area contributed by atoms with Crippen LogP contribution in [0.1, 0.15) is 80.5 Å². The molecule has 2 rings (SSSR count). The molecule has 0 nitrogen and oxygen atoms in total. The zero-order chi connectivity index (χ0) is 20.3. The molecule has 0 N–H and O–H groups in total. The summed E-state index contributed by atoms with van der Waals surface area (Å²) in [5.41, 5.74) is 12.7. The summed E-state index contributed by atoms with van der Waals surface area (Å²) in [5.74, 6) is 0. The summed E-state index contributed by atoms with van der Waals surface area (Å²) in [6.07, 6.45) is 0. The van der Waals surface area contributed by atoms with Crippen molar-refractivity contribution in [1.29, 1.82) is 0 Å². The second-order valence-electron chi connectivity index (χ2n) is 5.75. The third-order valence-corrected chi connectivity index (χ3v) is 4.87. The smallest absolute Gasteiger partial charge is 0.0117 e. The second kappa shape index (κ2) is 12.8. The molecule has 0 bridgehead atoms. The fraction of sp³-hybridized carbons (Fsp3) is 0.520. The fourth-order valence-corrected chi connectivity index (χ4v) is 2.93. The normalized spacial score (nSPS) is 9.00. The van der Waals surface area contributed by atoms with Crippen LogP contribution in [0.5, 0.6) is 0 Å². The molecule has 0 fully saturated rings. The molecule has 0 saturated carbocycles. The van der Waals surface area contributed by atoms with E-state index in [1.54, 1.807) is 0 Å². The third kappa shape index (κ3) is 5.73. The molecule has 0 aliphatic heterocycles. The molecule has 0 unspecified atom stereocenters. The highest BCUT2D eigenvalue weighted by molar-refractivity contribution is 5.77. The van der Waals surface area contributed by atoms with Crippen LogP contribution in [0.4, 0.5) is 0 Å². The van der Waals surface area contributed by atoms with E-state index in [1.165, 1.54) is 50.1 Å². The van der Waals surface area contributed by atoms with Gasteiger partial charge < -0.3 is 0 Å². The lowest BCUT2D eigenvalue weighted by Gasteiger charge is -2.20. The topological polar surface area (TPSA) is 0 Å². The Morgan fingerprint density at radius 1 is 0.440 bits per heavy atom. The van der Waals surface area contributed by atoms with Gasteiger partial charge in [0.2, 0.25) is 0 Å². The average Bonchev–Trinajstić information content (AvgIpc) is 2.67. The first kappa shape index (κ1) is 25.7. The SMILES string of the molecule is CC.CC.CC.Cc1cccc(-c2c(C)c(C)c(C)c(C)c2C)c1C. The summed E-state index contributed by atoms with van der Waals surface area (Å²) < 4.78 is 0. The standard InChI is InChI=1S/C19H24.3C2H6/c1-11-9-8-10-18(12(11)2)19-16(6)14(4)13(3)15(5)17(19)7;3*1-2/h8-10H,1-7H3;3*1-2H3. The van der Waals surface area contributed by atoms with Crippen molar-refractivity contribution in [2.45, 2.75) is 90.0 Å². The lowest BCUT2D eigenvalue weighted by molar-refractivity contribution is 1.17. The van der Waals surface area contributed by atoms with Crippen LogP contribution in [0.15, 0.2) is 18.2 Å². The molecule has 0 aromatic heterocycles. The van der Waals surface area contributed by atoms with Gasteiger partial charge in [-0.3, -0.25) is 0 Å². The summed E-state index contributed by atoms with van der Waals surface area (Å²) in [4.78, 5) is 0. The molecule has 0 aliphatic carbocycles. The van der Waals surface area contributed by atoms with Crippen LogP contribution in [0.25, 0.3) is 11.1 Å². The molecule has 0 spiro atoms. The Hall–Kier alpha value is -1.56. The lowest BCUT2D eigenvalue weighted by Crippen LogP contribution is -2.01. The van der Waals surface area contributed by atoms with E-state index in [0.717, 1.165) is 0 Å². The third-order valence-electron chi connectivity index (χ3n) is 4.87. The molecule has 0 heteroatoms. The Balaban J connectivity index is 0. The number of hydrogen-bond donors (Lipinski definition) is 0. The largest absolute Gasteiger partial charge is 0.0683 e. The van der Waals surface area contributed by atoms with Gasteiger partial charge in [-0.25, -0.2) is 0 Å². The van der Waals surface area contributed by atoms with Gasteiger partial charge in [-0.1, -0.05) is 59.7 Å². The Kier molecular flexibility index (Phi) is 13.1. The number of hydrogen-bond acceptors (Lipinski definition) is 0. The molecule has 0 saturated heterocycles. The number of benzene rings is 2. The highest BCUT2D eigenvalue weighted by atomic mass is 14.2. The summed E-state index contributed by atoms with van der Waals surface area (Å²) in [6.45, 7) is 27.7. The van der Waals surface area contributed by atoms with E-state index in [4.69, 9.17) is 0 Å². The zero-order valence-corrected chi connectivity index (χ0v) is 19.2. The quantitative estimate of drug-likeness (QED) is 0.486. The van der Waals surface area contributed by atoms with Gasteiger partial charge in [0.05, 0.1) is 0 Å². The van der Waals surface area contributed by atoms with Gasteiger partial charge in [0, 0.05) is 0 Å². The van der Waals surface area contributed by atoms with Gasteiger partial charge in [0.1, 0.15) is 0 Å². The van der Waals surface area contributed by atoms with Crippen molar-refractivity contribution in [2.24, 2.45) is 0 Å². The summed E-state index contributed by atoms with van der Waals surface area (Å²) in [5, 5.41) is 0. The van der Waals surface area contributed by atoms with Crippen LogP contribution in [-0.4, -0.2) is 0 Å². The van der Waals surface area contributed by atoms with Crippen LogP contribution >= 0.6 is 0 Å². The van der Waals surface area contributed by atoms with Crippen molar-refractivity contribution in [1.82, 2.24) is 0 Å². The Morgan fingerprint density at radius 2 is 0.800 bits per heavy atom. The monoisotopic (exact) mass is 342 g/mol. The van der Waals surface area contributed by atoms with Crippen LogP contribution in [0.2, 0.25) is 0 Å². The first-order valence-electron chi connectivity index (χ1n) is 9.99. The Morgan fingerprint density at radius 3 is 1.20 bits per heavy atom. The highest BCUT2D eigenvalue weighted by Crippen LogP contribution is 2.36. The van der Waals surface area contributed by atoms with Gasteiger partial charge in [-0.2, -0.15) is 0 Å². The van der Waals surface area contributed by atoms with Crippen molar-refractivity contribution >= 4 is 0 Å². The van der Waals surface area contributed by atoms with E-state index in [1.807, 2.05) is 41.5 Å². The van der Waals surface area contributed by atoms with E-state index < -0.39 is 0 Å². The van der Waals surface area contributed by atoms with E-state index in [9.17, 15) is 0 Å². The molecule has 0 atom stereocenters. The number of rotatable bonds is 1. The molecule has 0 radical (unpaired) electrons. The van der Waals surface area contributed by atoms with E-state index in [0.29, 0.717) is 0 Å². The Bertz CT molecular complexity index is 617. The van der Waals surface area contributed by atoms with Gasteiger partial charge >= 0.3 is 0 Å². The van der Waals surface area contributed by atoms with Crippen LogP contribution < -0.4 is 0 Å². The lowest BCUT2D eigenvalue weighted by atomic mass is 9.84. The first-order chi connectivity index (χ1) is 11.9. The minimum atomic E-state index is 1.37. The van der Waals surface area contributed by atoms with E-state index in [2.05, 4.69) is 66.7 Å². The van der Waals surface area contributed by atoms with Crippen LogP contribution in [0.3, 0.4) is 0 Å². The molecule has 0 amide bonds. The Labute approximate surface area is 158 Å². The average molecular weight is 343 g/mol. The molecular formula is C25H42. The molecule has 142 valence electrons. The van der Waals surface area contributed by atoms with Crippen molar-refractivity contribution in [3.05, 3.63) is 57.1 Å². The minimum absolute atomic E-state index is 1.37. The molecule has 2 aromatic carbocycles. The molecule has 2 aromatic rings. The van der Waals surface area contributed by atoms with E-state index in [-0.39, 0.29) is 0 Å². The predicted octanol–water partition coefficient (Wildman–Crippen LogP) is 8.59. The van der Waals surface area contributed by atoms with Crippen molar-refractivity contribution in [3.8, 4) is 11.1 Å². The van der Waals surface area contributed by atoms with Crippen molar-refractivity contribution in [2.75, 3.05) is 0 Å². The number of aryl methyl sites for hydroxylation is 1. The fourth-order valence-electron chi connectivity index (χ4n) is 2.93. The van der Waals surface area contributed by atoms with Crippen LogP contribution in [0, 0.1) is 48.5 Å². The van der Waals surface area contributed by atoms with Crippen LogP contribution in [-0.2, 0) is 0 Å². The minimum Gasteiger partial charge on any atom is -0.0683 e. The van der Waals surface area contributed by atoms with Gasteiger partial charge in [0.25, 0.3) is 0 Å². The summed E-state index contributed by atoms with van der Waals surface area (Å²) in [7, 11) is 0. The summed E-state index contributed by atoms with van der Waals surface area (Å²) in [6, 6.07) is 6.62.